The van der Waals surface area contributed by atoms with Crippen molar-refractivity contribution < 1.29 is 4.79 Å². The highest BCUT2D eigenvalue weighted by atomic mass is 32.1. The largest absolute Gasteiger partial charge is 0.296 e. The molecular formula is C17H16N4OS. The Labute approximate surface area is 138 Å². The third-order valence-electron chi connectivity index (χ3n) is 3.80. The number of nitrogens with one attached hydrogen (secondary N) is 1. The molecule has 5 nitrogen and oxygen atoms in total. The molecule has 0 aliphatic heterocycles. The van der Waals surface area contributed by atoms with Gasteiger partial charge >= 0.3 is 0 Å². The van der Waals surface area contributed by atoms with Crippen LogP contribution in [0.1, 0.15) is 40.6 Å². The Morgan fingerprint density at radius 2 is 2.09 bits per heavy atom. The fourth-order valence-corrected chi connectivity index (χ4v) is 3.16. The molecule has 1 aliphatic carbocycles. The Hall–Kier alpha value is -2.47. The predicted molar refractivity (Wildman–Crippen MR) is 90.3 cm³/mol. The van der Waals surface area contributed by atoms with Crippen molar-refractivity contribution in [2.45, 2.75) is 25.7 Å². The van der Waals surface area contributed by atoms with Crippen LogP contribution < -0.4 is 5.32 Å². The smallest absolute Gasteiger partial charge is 0.276 e. The van der Waals surface area contributed by atoms with Gasteiger partial charge in [0, 0.05) is 11.3 Å². The lowest BCUT2D eigenvalue weighted by Crippen LogP contribution is -2.16. The van der Waals surface area contributed by atoms with Crippen molar-refractivity contribution in [2.24, 2.45) is 0 Å². The highest BCUT2D eigenvalue weighted by molar-refractivity contribution is 7.13. The number of amides is 1. The van der Waals surface area contributed by atoms with Crippen LogP contribution in [-0.2, 0) is 0 Å². The van der Waals surface area contributed by atoms with Crippen LogP contribution in [0.5, 0.6) is 0 Å². The highest BCUT2D eigenvalue weighted by Gasteiger charge is 2.29. The quantitative estimate of drug-likeness (QED) is 0.795. The molecule has 23 heavy (non-hydrogen) atoms. The predicted octanol–water partition coefficient (Wildman–Crippen LogP) is 3.77. The van der Waals surface area contributed by atoms with E-state index in [-0.39, 0.29) is 5.91 Å². The van der Waals surface area contributed by atoms with E-state index in [0.717, 1.165) is 29.9 Å². The van der Waals surface area contributed by atoms with Gasteiger partial charge in [0.2, 0.25) is 0 Å². The van der Waals surface area contributed by atoms with Crippen molar-refractivity contribution in [2.75, 3.05) is 5.32 Å². The molecule has 1 aromatic carbocycles. The standard InChI is InChI=1S/C17H16N4OS/c1-11-10-23-17(18-11)19-16(22)15-9-14(12-7-8-12)20-21(15)13-5-3-2-4-6-13/h2-6,9-10,12H,7-8H2,1H3,(H,18,19,22). The lowest BCUT2D eigenvalue weighted by molar-refractivity contribution is 0.101. The molecule has 1 saturated carbocycles. The summed E-state index contributed by atoms with van der Waals surface area (Å²) < 4.78 is 1.73. The van der Waals surface area contributed by atoms with Crippen LogP contribution in [0, 0.1) is 6.92 Å². The van der Waals surface area contributed by atoms with Gasteiger partial charge in [-0.15, -0.1) is 11.3 Å². The highest BCUT2D eigenvalue weighted by Crippen LogP contribution is 2.39. The zero-order chi connectivity index (χ0) is 15.8. The van der Waals surface area contributed by atoms with Gasteiger partial charge in [-0.05, 0) is 38.0 Å². The third-order valence-corrected chi connectivity index (χ3v) is 4.67. The number of rotatable bonds is 4. The first kappa shape index (κ1) is 14.1. The Morgan fingerprint density at radius 1 is 1.30 bits per heavy atom. The van der Waals surface area contributed by atoms with Gasteiger partial charge < -0.3 is 0 Å². The number of carbonyl (C=O) groups is 1. The molecule has 0 spiro atoms. The molecule has 3 aromatic rings. The van der Waals surface area contributed by atoms with Gasteiger partial charge in [-0.1, -0.05) is 18.2 Å². The number of benzene rings is 1. The van der Waals surface area contributed by atoms with Crippen molar-refractivity contribution in [3.8, 4) is 5.69 Å². The molecule has 0 saturated heterocycles. The van der Waals surface area contributed by atoms with Crippen LogP contribution in [0.2, 0.25) is 0 Å². The van der Waals surface area contributed by atoms with E-state index in [0.29, 0.717) is 16.7 Å². The molecule has 1 amide bonds. The summed E-state index contributed by atoms with van der Waals surface area (Å²) in [7, 11) is 0. The summed E-state index contributed by atoms with van der Waals surface area (Å²) in [6, 6.07) is 11.6. The van der Waals surface area contributed by atoms with Crippen LogP contribution in [0.3, 0.4) is 0 Å². The lowest BCUT2D eigenvalue weighted by Gasteiger charge is -2.06. The van der Waals surface area contributed by atoms with E-state index in [2.05, 4.69) is 15.4 Å². The molecule has 0 radical (unpaired) electrons. The summed E-state index contributed by atoms with van der Waals surface area (Å²) in [6.45, 7) is 1.91. The van der Waals surface area contributed by atoms with Gasteiger partial charge in [0.15, 0.2) is 5.13 Å². The van der Waals surface area contributed by atoms with Crippen molar-refractivity contribution in [1.29, 1.82) is 0 Å². The second-order valence-electron chi connectivity index (χ2n) is 5.72. The molecule has 2 aromatic heterocycles. The number of aryl methyl sites for hydroxylation is 1. The maximum atomic E-state index is 12.7. The minimum absolute atomic E-state index is 0.178. The number of aromatic nitrogens is 3. The maximum absolute atomic E-state index is 12.7. The van der Waals surface area contributed by atoms with E-state index in [1.807, 2.05) is 48.7 Å². The summed E-state index contributed by atoms with van der Waals surface area (Å²) in [5.41, 5.74) is 3.33. The number of thiazole rings is 1. The summed E-state index contributed by atoms with van der Waals surface area (Å²) >= 11 is 1.43. The lowest BCUT2D eigenvalue weighted by atomic mass is 10.2. The van der Waals surface area contributed by atoms with Crippen molar-refractivity contribution >= 4 is 22.4 Å². The van der Waals surface area contributed by atoms with E-state index in [1.54, 1.807) is 4.68 Å². The van der Waals surface area contributed by atoms with Gasteiger partial charge in [0.05, 0.1) is 17.1 Å². The number of nitrogens with zero attached hydrogens (tertiary/aromatic N) is 3. The molecule has 6 heteroatoms. The molecule has 2 heterocycles. The molecule has 1 fully saturated rings. The van der Waals surface area contributed by atoms with Crippen LogP contribution >= 0.6 is 11.3 Å². The topological polar surface area (TPSA) is 59.8 Å². The number of carbonyl (C=O) groups excluding carboxylic acids is 1. The zero-order valence-corrected chi connectivity index (χ0v) is 13.5. The van der Waals surface area contributed by atoms with E-state index in [1.165, 1.54) is 11.3 Å². The van der Waals surface area contributed by atoms with Crippen molar-refractivity contribution in [3.05, 3.63) is 58.9 Å². The van der Waals surface area contributed by atoms with Gasteiger partial charge in [-0.3, -0.25) is 10.1 Å². The average Bonchev–Trinajstić information content (AvgIpc) is 3.18. The fourth-order valence-electron chi connectivity index (χ4n) is 2.48. The fraction of sp³-hybridized carbons (Fsp3) is 0.235. The number of anilines is 1. The van der Waals surface area contributed by atoms with Gasteiger partial charge in [0.25, 0.3) is 5.91 Å². The van der Waals surface area contributed by atoms with Crippen molar-refractivity contribution in [3.63, 3.8) is 0 Å². The first-order valence-corrected chi connectivity index (χ1v) is 8.47. The van der Waals surface area contributed by atoms with E-state index < -0.39 is 0 Å². The van der Waals surface area contributed by atoms with E-state index in [9.17, 15) is 4.79 Å². The van der Waals surface area contributed by atoms with Crippen LogP contribution in [0.25, 0.3) is 5.69 Å². The van der Waals surface area contributed by atoms with E-state index in [4.69, 9.17) is 0 Å². The average molecular weight is 324 g/mol. The molecule has 4 rings (SSSR count). The molecule has 116 valence electrons. The van der Waals surface area contributed by atoms with Crippen molar-refractivity contribution in [1.82, 2.24) is 14.8 Å². The first-order valence-electron chi connectivity index (χ1n) is 7.59. The zero-order valence-electron chi connectivity index (χ0n) is 12.7. The Kier molecular flexibility index (Phi) is 3.46. The second kappa shape index (κ2) is 5.62. The van der Waals surface area contributed by atoms with Crippen LogP contribution in [0.4, 0.5) is 5.13 Å². The summed E-state index contributed by atoms with van der Waals surface area (Å²) in [5, 5.41) is 10.0. The monoisotopic (exact) mass is 324 g/mol. The van der Waals surface area contributed by atoms with Gasteiger partial charge in [-0.2, -0.15) is 5.10 Å². The minimum Gasteiger partial charge on any atom is -0.296 e. The van der Waals surface area contributed by atoms with Gasteiger partial charge in [-0.25, -0.2) is 9.67 Å². The number of para-hydroxylation sites is 1. The van der Waals surface area contributed by atoms with E-state index >= 15 is 0 Å². The Balaban J connectivity index is 1.70. The molecule has 1 aliphatic rings. The Morgan fingerprint density at radius 3 is 2.74 bits per heavy atom. The second-order valence-corrected chi connectivity index (χ2v) is 6.58. The first-order chi connectivity index (χ1) is 11.2. The van der Waals surface area contributed by atoms with Crippen LogP contribution in [0.15, 0.2) is 41.8 Å². The summed E-state index contributed by atoms with van der Waals surface area (Å²) in [4.78, 5) is 17.0. The summed E-state index contributed by atoms with van der Waals surface area (Å²) in [6.07, 6.45) is 2.30. The molecule has 0 atom stereocenters. The van der Waals surface area contributed by atoms with Crippen LogP contribution in [-0.4, -0.2) is 20.7 Å². The number of hydrogen-bond donors (Lipinski definition) is 1. The minimum atomic E-state index is -0.178. The molecule has 0 unspecified atom stereocenters. The molecule has 1 N–H and O–H groups in total. The number of hydrogen-bond acceptors (Lipinski definition) is 4. The molecule has 0 bridgehead atoms. The summed E-state index contributed by atoms with van der Waals surface area (Å²) in [5.74, 6) is 0.316. The maximum Gasteiger partial charge on any atom is 0.276 e. The normalized spacial score (nSPS) is 14.0. The Bertz CT molecular complexity index is 849. The van der Waals surface area contributed by atoms with Gasteiger partial charge in [0.1, 0.15) is 5.69 Å². The SMILES string of the molecule is Cc1csc(NC(=O)c2cc(C3CC3)nn2-c2ccccc2)n1. The molecular weight excluding hydrogens is 308 g/mol. The third kappa shape index (κ3) is 2.90.